The molecule has 0 amide bonds. The largest absolute Gasteiger partial charge is 0.497 e. The molecule has 0 aromatic heterocycles. The van der Waals surface area contributed by atoms with E-state index in [4.69, 9.17) is 9.47 Å². The smallest absolute Gasteiger partial charge is 0.307 e. The van der Waals surface area contributed by atoms with Crippen LogP contribution in [0.2, 0.25) is 0 Å². The Morgan fingerprint density at radius 2 is 2.22 bits per heavy atom. The van der Waals surface area contributed by atoms with Gasteiger partial charge in [-0.15, -0.1) is 0 Å². The summed E-state index contributed by atoms with van der Waals surface area (Å²) >= 11 is 0. The van der Waals surface area contributed by atoms with Gasteiger partial charge < -0.3 is 14.6 Å². The van der Waals surface area contributed by atoms with E-state index in [0.29, 0.717) is 19.6 Å². The van der Waals surface area contributed by atoms with Crippen molar-refractivity contribution in [2.24, 2.45) is 11.8 Å². The van der Waals surface area contributed by atoms with Crippen LogP contribution in [0.5, 0.6) is 5.75 Å². The topological polar surface area (TPSA) is 55.8 Å². The van der Waals surface area contributed by atoms with Gasteiger partial charge in [-0.3, -0.25) is 4.79 Å². The van der Waals surface area contributed by atoms with Crippen LogP contribution in [0, 0.1) is 11.8 Å². The standard InChI is InChI=1S/C14H18O4/c1-17-12-4-2-10(3-5-12)8-13(14(15)16)11-6-7-18-9-11/h2-5,11,13H,6-9H2,1H3,(H,15,16). The summed E-state index contributed by atoms with van der Waals surface area (Å²) in [6.07, 6.45) is 1.39. The first-order valence-electron chi connectivity index (χ1n) is 6.14. The van der Waals surface area contributed by atoms with Crippen LogP contribution in [-0.4, -0.2) is 31.4 Å². The molecule has 1 saturated heterocycles. The third-order valence-corrected chi connectivity index (χ3v) is 3.47. The highest BCUT2D eigenvalue weighted by atomic mass is 16.5. The summed E-state index contributed by atoms with van der Waals surface area (Å²) in [7, 11) is 1.62. The minimum absolute atomic E-state index is 0.129. The van der Waals surface area contributed by atoms with Crippen LogP contribution < -0.4 is 4.74 Å². The summed E-state index contributed by atoms with van der Waals surface area (Å²) in [4.78, 5) is 11.3. The van der Waals surface area contributed by atoms with Gasteiger partial charge in [-0.05, 0) is 36.5 Å². The Labute approximate surface area is 107 Å². The number of carboxylic acids is 1. The lowest BCUT2D eigenvalue weighted by atomic mass is 9.86. The molecular weight excluding hydrogens is 232 g/mol. The Balaban J connectivity index is 2.05. The molecule has 1 aliphatic rings. The van der Waals surface area contributed by atoms with Crippen molar-refractivity contribution in [3.63, 3.8) is 0 Å². The maximum absolute atomic E-state index is 11.3. The molecule has 2 unspecified atom stereocenters. The first-order valence-corrected chi connectivity index (χ1v) is 6.14. The average molecular weight is 250 g/mol. The summed E-state index contributed by atoms with van der Waals surface area (Å²) in [5.74, 6) is -0.179. The number of hydrogen-bond donors (Lipinski definition) is 1. The Morgan fingerprint density at radius 3 is 2.72 bits per heavy atom. The molecule has 0 radical (unpaired) electrons. The maximum atomic E-state index is 11.3. The minimum Gasteiger partial charge on any atom is -0.497 e. The van der Waals surface area contributed by atoms with Crippen LogP contribution in [0.3, 0.4) is 0 Å². The Hall–Kier alpha value is -1.55. The lowest BCUT2D eigenvalue weighted by Gasteiger charge is -2.18. The van der Waals surface area contributed by atoms with Crippen molar-refractivity contribution in [1.82, 2.24) is 0 Å². The first-order chi connectivity index (χ1) is 8.70. The fourth-order valence-electron chi connectivity index (χ4n) is 2.34. The summed E-state index contributed by atoms with van der Waals surface area (Å²) < 4.78 is 10.4. The number of carbonyl (C=O) groups is 1. The van der Waals surface area contributed by atoms with E-state index >= 15 is 0 Å². The number of methoxy groups -OCH3 is 1. The maximum Gasteiger partial charge on any atom is 0.307 e. The predicted octanol–water partition coefficient (Wildman–Crippen LogP) is 1.97. The van der Waals surface area contributed by atoms with E-state index in [1.165, 1.54) is 0 Å². The summed E-state index contributed by atoms with van der Waals surface area (Å²) in [5.41, 5.74) is 1.02. The molecule has 1 aromatic rings. The predicted molar refractivity (Wildman–Crippen MR) is 66.7 cm³/mol. The Kier molecular flexibility index (Phi) is 4.20. The van der Waals surface area contributed by atoms with Crippen LogP contribution >= 0.6 is 0 Å². The van der Waals surface area contributed by atoms with Crippen molar-refractivity contribution in [3.8, 4) is 5.75 Å². The number of carboxylic acid groups (broad SMARTS) is 1. The van der Waals surface area contributed by atoms with E-state index in [-0.39, 0.29) is 11.8 Å². The normalized spacial score (nSPS) is 20.6. The Morgan fingerprint density at radius 1 is 1.50 bits per heavy atom. The van der Waals surface area contributed by atoms with Crippen molar-refractivity contribution < 1.29 is 19.4 Å². The Bertz CT molecular complexity index is 393. The average Bonchev–Trinajstić information content (AvgIpc) is 2.90. The lowest BCUT2D eigenvalue weighted by molar-refractivity contribution is -0.143. The number of hydrogen-bond acceptors (Lipinski definition) is 3. The molecule has 4 heteroatoms. The van der Waals surface area contributed by atoms with Gasteiger partial charge in [0.2, 0.25) is 0 Å². The second-order valence-electron chi connectivity index (χ2n) is 4.62. The third-order valence-electron chi connectivity index (χ3n) is 3.47. The van der Waals surface area contributed by atoms with Gasteiger partial charge in [0.15, 0.2) is 0 Å². The minimum atomic E-state index is -0.735. The molecule has 4 nitrogen and oxygen atoms in total. The molecule has 1 N–H and O–H groups in total. The quantitative estimate of drug-likeness (QED) is 0.868. The summed E-state index contributed by atoms with van der Waals surface area (Å²) in [6, 6.07) is 7.56. The van der Waals surface area contributed by atoms with E-state index < -0.39 is 5.97 Å². The van der Waals surface area contributed by atoms with E-state index in [9.17, 15) is 9.90 Å². The van der Waals surface area contributed by atoms with Crippen molar-refractivity contribution in [2.75, 3.05) is 20.3 Å². The highest BCUT2D eigenvalue weighted by molar-refractivity contribution is 5.71. The zero-order valence-electron chi connectivity index (χ0n) is 10.5. The molecule has 2 rings (SSSR count). The zero-order chi connectivity index (χ0) is 13.0. The molecule has 1 fully saturated rings. The van der Waals surface area contributed by atoms with Gasteiger partial charge in [-0.2, -0.15) is 0 Å². The van der Waals surface area contributed by atoms with Crippen LogP contribution in [0.25, 0.3) is 0 Å². The fraction of sp³-hybridized carbons (Fsp3) is 0.500. The van der Waals surface area contributed by atoms with Gasteiger partial charge in [0.1, 0.15) is 5.75 Å². The van der Waals surface area contributed by atoms with Crippen molar-refractivity contribution >= 4 is 5.97 Å². The van der Waals surface area contributed by atoms with E-state index in [1.54, 1.807) is 7.11 Å². The summed E-state index contributed by atoms with van der Waals surface area (Å²) in [6.45, 7) is 1.24. The van der Waals surface area contributed by atoms with Crippen LogP contribution in [0.4, 0.5) is 0 Å². The van der Waals surface area contributed by atoms with Gasteiger partial charge in [0.25, 0.3) is 0 Å². The number of aliphatic carboxylic acids is 1. The van der Waals surface area contributed by atoms with E-state index in [2.05, 4.69) is 0 Å². The van der Waals surface area contributed by atoms with Gasteiger partial charge >= 0.3 is 5.97 Å². The van der Waals surface area contributed by atoms with Gasteiger partial charge in [0.05, 0.1) is 19.6 Å². The zero-order valence-corrected chi connectivity index (χ0v) is 10.5. The van der Waals surface area contributed by atoms with Crippen LogP contribution in [0.15, 0.2) is 24.3 Å². The number of benzene rings is 1. The lowest BCUT2D eigenvalue weighted by Crippen LogP contribution is -2.26. The second-order valence-corrected chi connectivity index (χ2v) is 4.62. The van der Waals surface area contributed by atoms with Gasteiger partial charge in [-0.25, -0.2) is 0 Å². The highest BCUT2D eigenvalue weighted by Crippen LogP contribution is 2.26. The summed E-state index contributed by atoms with van der Waals surface area (Å²) in [5, 5.41) is 9.32. The fourth-order valence-corrected chi connectivity index (χ4v) is 2.34. The number of ether oxygens (including phenoxy) is 2. The second kappa shape index (κ2) is 5.87. The first kappa shape index (κ1) is 12.9. The molecule has 1 heterocycles. The SMILES string of the molecule is COc1ccc(CC(C(=O)O)C2CCOC2)cc1. The molecule has 2 atom stereocenters. The molecular formula is C14H18O4. The van der Waals surface area contributed by atoms with E-state index in [0.717, 1.165) is 17.7 Å². The molecule has 0 aliphatic carbocycles. The van der Waals surface area contributed by atoms with Gasteiger partial charge in [0, 0.05) is 6.61 Å². The molecule has 98 valence electrons. The molecule has 18 heavy (non-hydrogen) atoms. The van der Waals surface area contributed by atoms with Crippen molar-refractivity contribution in [1.29, 1.82) is 0 Å². The third kappa shape index (κ3) is 3.01. The van der Waals surface area contributed by atoms with E-state index in [1.807, 2.05) is 24.3 Å². The molecule has 1 aliphatic heterocycles. The molecule has 0 spiro atoms. The van der Waals surface area contributed by atoms with Crippen LogP contribution in [-0.2, 0) is 16.0 Å². The highest BCUT2D eigenvalue weighted by Gasteiger charge is 2.31. The monoisotopic (exact) mass is 250 g/mol. The van der Waals surface area contributed by atoms with Gasteiger partial charge in [-0.1, -0.05) is 12.1 Å². The number of rotatable bonds is 5. The molecule has 0 saturated carbocycles. The molecule has 1 aromatic carbocycles. The van der Waals surface area contributed by atoms with Crippen LogP contribution in [0.1, 0.15) is 12.0 Å². The molecule has 0 bridgehead atoms. The van der Waals surface area contributed by atoms with Crippen molar-refractivity contribution in [2.45, 2.75) is 12.8 Å². The van der Waals surface area contributed by atoms with Crippen molar-refractivity contribution in [3.05, 3.63) is 29.8 Å².